The third-order valence-electron chi connectivity index (χ3n) is 3.84. The first-order chi connectivity index (χ1) is 9.93. The van der Waals surface area contributed by atoms with E-state index in [1.165, 1.54) is 0 Å². The average Bonchev–Trinajstić information content (AvgIpc) is 2.44. The molecule has 0 bridgehead atoms. The molecule has 3 heteroatoms. The molecule has 0 aliphatic carbocycles. The largest absolute Gasteiger partial charge is 0.398 e. The Morgan fingerprint density at radius 1 is 1.10 bits per heavy atom. The number of hydrogen-bond acceptors (Lipinski definition) is 2. The molecule has 0 spiro atoms. The summed E-state index contributed by atoms with van der Waals surface area (Å²) in [5.74, 6) is -0.108. The highest BCUT2D eigenvalue weighted by molar-refractivity contribution is 6.06. The van der Waals surface area contributed by atoms with E-state index >= 15 is 0 Å². The molecule has 0 saturated heterocycles. The zero-order valence-corrected chi connectivity index (χ0v) is 13.1. The minimum Gasteiger partial charge on any atom is -0.398 e. The lowest BCUT2D eigenvalue weighted by atomic mass is 10.0. The summed E-state index contributed by atoms with van der Waals surface area (Å²) in [4.78, 5) is 12.6. The van der Waals surface area contributed by atoms with E-state index in [1.807, 2.05) is 45.0 Å². The first-order valence-electron chi connectivity index (χ1n) is 7.20. The molecule has 3 N–H and O–H groups in total. The van der Waals surface area contributed by atoms with E-state index in [-0.39, 0.29) is 5.91 Å². The number of carbonyl (C=O) groups is 1. The Morgan fingerprint density at radius 3 is 2.48 bits per heavy atom. The molecule has 0 unspecified atom stereocenters. The molecule has 0 radical (unpaired) electrons. The topological polar surface area (TPSA) is 55.1 Å². The molecule has 21 heavy (non-hydrogen) atoms. The standard InChI is InChI=1S/C18H22N2O/c1-5-14-8-6-7-11(2)17(14)20-18(21)15-10-16(19)13(4)9-12(15)3/h6-10H,5,19H2,1-4H3,(H,20,21). The minimum atomic E-state index is -0.108. The molecule has 1 amide bonds. The first-order valence-corrected chi connectivity index (χ1v) is 7.20. The second kappa shape index (κ2) is 6.00. The summed E-state index contributed by atoms with van der Waals surface area (Å²) in [7, 11) is 0. The zero-order valence-electron chi connectivity index (χ0n) is 13.1. The second-order valence-corrected chi connectivity index (χ2v) is 5.44. The number of hydrogen-bond donors (Lipinski definition) is 2. The average molecular weight is 282 g/mol. The molecule has 0 heterocycles. The number of nitrogens with two attached hydrogens (primary N) is 1. The summed E-state index contributed by atoms with van der Waals surface area (Å²) < 4.78 is 0. The first kappa shape index (κ1) is 15.1. The van der Waals surface area contributed by atoms with Crippen LogP contribution in [-0.4, -0.2) is 5.91 Å². The van der Waals surface area contributed by atoms with Crippen LogP contribution in [0.1, 0.15) is 39.5 Å². The van der Waals surface area contributed by atoms with Crippen molar-refractivity contribution in [1.29, 1.82) is 0 Å². The van der Waals surface area contributed by atoms with Gasteiger partial charge in [0.2, 0.25) is 0 Å². The van der Waals surface area contributed by atoms with E-state index in [2.05, 4.69) is 12.2 Å². The molecule has 2 rings (SSSR count). The molecule has 2 aromatic rings. The third kappa shape index (κ3) is 3.07. The number of para-hydroxylation sites is 1. The van der Waals surface area contributed by atoms with Crippen LogP contribution in [0.15, 0.2) is 30.3 Å². The lowest BCUT2D eigenvalue weighted by molar-refractivity contribution is 0.102. The van der Waals surface area contributed by atoms with Gasteiger partial charge in [-0.05, 0) is 55.5 Å². The Morgan fingerprint density at radius 2 is 1.81 bits per heavy atom. The van der Waals surface area contributed by atoms with E-state index in [1.54, 1.807) is 6.07 Å². The summed E-state index contributed by atoms with van der Waals surface area (Å²) in [5, 5.41) is 3.04. The van der Waals surface area contributed by atoms with Gasteiger partial charge >= 0.3 is 0 Å². The maximum Gasteiger partial charge on any atom is 0.256 e. The van der Waals surface area contributed by atoms with Crippen molar-refractivity contribution in [3.05, 3.63) is 58.1 Å². The van der Waals surface area contributed by atoms with Gasteiger partial charge in [0.15, 0.2) is 0 Å². The predicted octanol–water partition coefficient (Wildman–Crippen LogP) is 4.01. The van der Waals surface area contributed by atoms with Gasteiger partial charge in [0, 0.05) is 16.9 Å². The van der Waals surface area contributed by atoms with Gasteiger partial charge < -0.3 is 11.1 Å². The number of carbonyl (C=O) groups excluding carboxylic acids is 1. The Balaban J connectivity index is 2.37. The van der Waals surface area contributed by atoms with Crippen LogP contribution in [-0.2, 0) is 6.42 Å². The van der Waals surface area contributed by atoms with E-state index in [0.717, 1.165) is 34.4 Å². The fraction of sp³-hybridized carbons (Fsp3) is 0.278. The van der Waals surface area contributed by atoms with Crippen molar-refractivity contribution in [3.8, 4) is 0 Å². The Labute approximate surface area is 126 Å². The van der Waals surface area contributed by atoms with Crippen molar-refractivity contribution in [2.75, 3.05) is 11.1 Å². The fourth-order valence-corrected chi connectivity index (χ4v) is 2.50. The number of rotatable bonds is 3. The van der Waals surface area contributed by atoms with Crippen LogP contribution in [0.3, 0.4) is 0 Å². The third-order valence-corrected chi connectivity index (χ3v) is 3.84. The summed E-state index contributed by atoms with van der Waals surface area (Å²) in [6.07, 6.45) is 0.881. The van der Waals surface area contributed by atoms with Crippen LogP contribution < -0.4 is 11.1 Å². The number of amides is 1. The number of aryl methyl sites for hydroxylation is 4. The van der Waals surface area contributed by atoms with Gasteiger partial charge in [-0.15, -0.1) is 0 Å². The van der Waals surface area contributed by atoms with Crippen molar-refractivity contribution in [3.63, 3.8) is 0 Å². The predicted molar refractivity (Wildman–Crippen MR) is 88.8 cm³/mol. The number of nitrogen functional groups attached to an aromatic ring is 1. The van der Waals surface area contributed by atoms with Crippen molar-refractivity contribution >= 4 is 17.3 Å². The quantitative estimate of drug-likeness (QED) is 0.836. The molecular formula is C18H22N2O. The molecule has 0 aromatic heterocycles. The molecule has 0 atom stereocenters. The minimum absolute atomic E-state index is 0.108. The summed E-state index contributed by atoms with van der Waals surface area (Å²) in [5.41, 5.74) is 12.2. The fourth-order valence-electron chi connectivity index (χ4n) is 2.50. The molecule has 3 nitrogen and oxygen atoms in total. The highest BCUT2D eigenvalue weighted by Crippen LogP contribution is 2.24. The number of nitrogens with one attached hydrogen (secondary N) is 1. The molecule has 2 aromatic carbocycles. The summed E-state index contributed by atoms with van der Waals surface area (Å²) >= 11 is 0. The molecule has 0 fully saturated rings. The Kier molecular flexibility index (Phi) is 4.32. The van der Waals surface area contributed by atoms with E-state index in [9.17, 15) is 4.79 Å². The van der Waals surface area contributed by atoms with Crippen molar-refractivity contribution in [2.45, 2.75) is 34.1 Å². The lowest BCUT2D eigenvalue weighted by Crippen LogP contribution is -2.16. The molecule has 110 valence electrons. The van der Waals surface area contributed by atoms with Gasteiger partial charge in [-0.25, -0.2) is 0 Å². The van der Waals surface area contributed by atoms with Gasteiger partial charge in [-0.2, -0.15) is 0 Å². The molecule has 0 saturated carbocycles. The van der Waals surface area contributed by atoms with Crippen LogP contribution >= 0.6 is 0 Å². The van der Waals surface area contributed by atoms with Gasteiger partial charge in [0.05, 0.1) is 0 Å². The normalized spacial score (nSPS) is 10.5. The highest BCUT2D eigenvalue weighted by Gasteiger charge is 2.14. The monoisotopic (exact) mass is 282 g/mol. The number of anilines is 2. The molecule has 0 aliphatic rings. The van der Waals surface area contributed by atoms with Gasteiger partial charge in [-0.3, -0.25) is 4.79 Å². The van der Waals surface area contributed by atoms with Crippen molar-refractivity contribution in [2.24, 2.45) is 0 Å². The van der Waals surface area contributed by atoms with E-state index in [4.69, 9.17) is 5.73 Å². The zero-order chi connectivity index (χ0) is 15.6. The molecule has 0 aliphatic heterocycles. The van der Waals surface area contributed by atoms with E-state index in [0.29, 0.717) is 11.3 Å². The van der Waals surface area contributed by atoms with Gasteiger partial charge in [0.25, 0.3) is 5.91 Å². The lowest BCUT2D eigenvalue weighted by Gasteiger charge is -2.15. The highest BCUT2D eigenvalue weighted by atomic mass is 16.1. The van der Waals surface area contributed by atoms with E-state index < -0.39 is 0 Å². The van der Waals surface area contributed by atoms with Crippen molar-refractivity contribution in [1.82, 2.24) is 0 Å². The second-order valence-electron chi connectivity index (χ2n) is 5.44. The maximum absolute atomic E-state index is 12.6. The van der Waals surface area contributed by atoms with Crippen LogP contribution in [0.2, 0.25) is 0 Å². The van der Waals surface area contributed by atoms with Gasteiger partial charge in [0.1, 0.15) is 0 Å². The summed E-state index contributed by atoms with van der Waals surface area (Å²) in [6, 6.07) is 9.76. The SMILES string of the molecule is CCc1cccc(C)c1NC(=O)c1cc(N)c(C)cc1C. The maximum atomic E-state index is 12.6. The van der Waals surface area contributed by atoms with Crippen LogP contribution in [0.5, 0.6) is 0 Å². The van der Waals surface area contributed by atoms with Gasteiger partial charge in [-0.1, -0.05) is 31.2 Å². The smallest absolute Gasteiger partial charge is 0.256 e. The molecular weight excluding hydrogens is 260 g/mol. The number of benzene rings is 2. The van der Waals surface area contributed by atoms with Crippen LogP contribution in [0, 0.1) is 20.8 Å². The van der Waals surface area contributed by atoms with Crippen molar-refractivity contribution < 1.29 is 4.79 Å². The summed E-state index contributed by atoms with van der Waals surface area (Å²) in [6.45, 7) is 7.96. The Bertz CT molecular complexity index is 690. The Hall–Kier alpha value is -2.29. The van der Waals surface area contributed by atoms with Crippen LogP contribution in [0.4, 0.5) is 11.4 Å². The van der Waals surface area contributed by atoms with Crippen LogP contribution in [0.25, 0.3) is 0 Å².